The number of aliphatic carboxylic acids is 2. The lowest BCUT2D eigenvalue weighted by atomic mass is 9.82. The summed E-state index contributed by atoms with van der Waals surface area (Å²) in [5.74, 6) is -5.07. The van der Waals surface area contributed by atoms with E-state index in [0.29, 0.717) is 11.1 Å². The van der Waals surface area contributed by atoms with Crippen LogP contribution in [0.2, 0.25) is 0 Å². The second kappa shape index (κ2) is 52.7. The Labute approximate surface area is 760 Å². The molecule has 14 heteroatoms. The number of hydrogen-bond donors (Lipinski definition) is 1. The minimum absolute atomic E-state index is 0.000833. The van der Waals surface area contributed by atoms with Gasteiger partial charge < -0.3 is 39.9 Å². The maximum Gasteiger partial charge on any atom is 0.357 e. The molecular weight excluding hydrogens is 1950 g/mol. The van der Waals surface area contributed by atoms with E-state index in [-0.39, 0.29) is 136 Å². The molecule has 0 saturated carbocycles. The molecule has 121 heavy (non-hydrogen) atoms. The first-order valence-corrected chi connectivity index (χ1v) is 49.4. The van der Waals surface area contributed by atoms with Crippen LogP contribution in [0.5, 0.6) is 5.75 Å². The highest BCUT2D eigenvalue weighted by Crippen LogP contribution is 2.28. The third-order valence-corrected chi connectivity index (χ3v) is 30.1. The van der Waals surface area contributed by atoms with Gasteiger partial charge in [-0.05, 0) is 201 Å². The number of carboxylic acid groups (broad SMARTS) is 4. The van der Waals surface area contributed by atoms with Crippen molar-refractivity contribution in [1.29, 1.82) is 0 Å². The number of benzene rings is 13. The monoisotopic (exact) mass is 2070 g/mol. The molecule has 13 rings (SSSR count). The van der Waals surface area contributed by atoms with Crippen molar-refractivity contribution in [1.82, 2.24) is 0 Å². The highest BCUT2D eigenvalue weighted by Gasteiger charge is 2.25. The fourth-order valence-electron chi connectivity index (χ4n) is 11.3. The smallest absolute Gasteiger partial charge is 0.357 e. The molecule has 0 radical (unpaired) electrons. The van der Waals surface area contributed by atoms with Crippen LogP contribution in [-0.2, 0) is 37.7 Å². The van der Waals surface area contributed by atoms with Crippen LogP contribution < -0.4 is 105 Å². The highest BCUT2D eigenvalue weighted by atomic mass is 127. The van der Waals surface area contributed by atoms with Gasteiger partial charge in [0.15, 0.2) is 34.3 Å². The van der Waals surface area contributed by atoms with Crippen LogP contribution in [-0.4, -0.2) is 34.8 Å². The van der Waals surface area contributed by atoms with Crippen LogP contribution in [0.15, 0.2) is 340 Å². The van der Waals surface area contributed by atoms with Crippen LogP contribution >= 0.6 is 0 Å². The first-order chi connectivity index (χ1) is 57.8. The molecule has 0 saturated heterocycles. The molecule has 0 aliphatic rings. The fourth-order valence-corrected chi connectivity index (χ4v) is 20.2. The van der Waals surface area contributed by atoms with Crippen molar-refractivity contribution in [3.05, 3.63) is 418 Å². The van der Waals surface area contributed by atoms with Crippen LogP contribution in [0, 0.1) is 28.6 Å². The third-order valence-electron chi connectivity index (χ3n) is 19.4. The Hall–Kier alpha value is -9.61. The molecule has 0 fully saturated rings. The SMILES string of the molecule is CC(C)(C)c1ccc([I+]c2ccc(C(C)(C)C)cc2)cc1.CCC(C)(C)c1ccc([I+]c2ccc(C(C)(C)CC)cc2)cc1.CCCCCCCC(=O)[O-].O=C(O)c1cc2ccccc2cc1[O-].O=C([O-])Cc1ccccc1.O=C([O-])c1cccc(C(=O)c2ccccc2)c1.c1ccc([I+]c2ccccc2)cc1.c1ccc([I+]c2ccccc2)cc1. The number of aromatic carboxylic acids is 2. The molecule has 0 atom stereocenters. The van der Waals surface area contributed by atoms with Crippen LogP contribution in [0.3, 0.4) is 0 Å². The number of carboxylic acids is 4. The second-order valence-corrected chi connectivity index (χ2v) is 43.8. The zero-order valence-electron chi connectivity index (χ0n) is 71.8. The van der Waals surface area contributed by atoms with Gasteiger partial charge in [-0.2, -0.15) is 0 Å². The number of carbonyl (C=O) groups excluding carboxylic acids is 4. The summed E-state index contributed by atoms with van der Waals surface area (Å²) in [4.78, 5) is 53.3. The van der Waals surface area contributed by atoms with E-state index >= 15 is 0 Å². The van der Waals surface area contributed by atoms with Gasteiger partial charge in [-0.25, -0.2) is 4.79 Å². The number of rotatable bonds is 24. The summed E-state index contributed by atoms with van der Waals surface area (Å²) in [5.41, 5.74) is 8.27. The Morgan fingerprint density at radius 1 is 0.314 bits per heavy atom. The van der Waals surface area contributed by atoms with Crippen molar-refractivity contribution >= 4 is 40.4 Å². The maximum absolute atomic E-state index is 12.0. The topological polar surface area (TPSA) is 198 Å². The van der Waals surface area contributed by atoms with Crippen LogP contribution in [0.1, 0.15) is 206 Å². The van der Waals surface area contributed by atoms with Gasteiger partial charge in [0.05, 0.1) is 11.5 Å². The van der Waals surface area contributed by atoms with E-state index in [1.165, 1.54) is 107 Å². The van der Waals surface area contributed by atoms with E-state index in [1.54, 1.807) is 72.8 Å². The van der Waals surface area contributed by atoms with E-state index in [0.717, 1.165) is 35.6 Å². The van der Waals surface area contributed by atoms with Gasteiger partial charge in [0, 0.05) is 29.5 Å². The molecule has 13 aromatic carbocycles. The van der Waals surface area contributed by atoms with Crippen molar-refractivity contribution in [2.24, 2.45) is 0 Å². The minimum atomic E-state index is -1.28. The number of halogens is 4. The molecule has 0 heterocycles. The van der Waals surface area contributed by atoms with Crippen molar-refractivity contribution in [2.75, 3.05) is 0 Å². The average molecular weight is 2070 g/mol. The summed E-state index contributed by atoms with van der Waals surface area (Å²) in [5, 5.41) is 52.2. The molecule has 0 amide bonds. The van der Waals surface area contributed by atoms with Crippen molar-refractivity contribution in [2.45, 2.75) is 169 Å². The summed E-state index contributed by atoms with van der Waals surface area (Å²) in [6, 6.07) is 113. The number of fused-ring (bicyclic) bond motifs is 1. The molecular formula is C107H114I4O10. The Kier molecular flexibility index (Phi) is 43.6. The van der Waals surface area contributed by atoms with Gasteiger partial charge in [-0.1, -0.05) is 352 Å². The van der Waals surface area contributed by atoms with E-state index in [2.05, 4.69) is 308 Å². The summed E-state index contributed by atoms with van der Waals surface area (Å²) in [6.45, 7) is 29.6. The van der Waals surface area contributed by atoms with Gasteiger partial charge >= 0.3 is 90.8 Å². The van der Waals surface area contributed by atoms with Gasteiger partial charge in [0.2, 0.25) is 0 Å². The third kappa shape index (κ3) is 38.1. The zero-order chi connectivity index (χ0) is 88.2. The number of hydrogen-bond acceptors (Lipinski definition) is 9. The predicted octanol–water partition coefficient (Wildman–Crippen LogP) is 9.20. The van der Waals surface area contributed by atoms with Crippen LogP contribution in [0.4, 0.5) is 0 Å². The first kappa shape index (κ1) is 100. The van der Waals surface area contributed by atoms with Crippen molar-refractivity contribution < 1.29 is 134 Å². The second-order valence-electron chi connectivity index (χ2n) is 31.7. The lowest BCUT2D eigenvalue weighted by molar-refractivity contribution is -0.597. The van der Waals surface area contributed by atoms with Crippen molar-refractivity contribution in [3.8, 4) is 5.75 Å². The summed E-state index contributed by atoms with van der Waals surface area (Å²) < 4.78 is 11.9. The summed E-state index contributed by atoms with van der Waals surface area (Å²) >= 11 is -0.0922. The predicted molar refractivity (Wildman–Crippen MR) is 470 cm³/mol. The molecule has 0 aliphatic heterocycles. The molecule has 0 aromatic heterocycles. The fraction of sp³-hybridized carbons (Fsp3) is 0.243. The number of unbranched alkanes of at least 4 members (excludes halogenated alkanes) is 4. The standard InChI is InChI=1S/C22H30I.C20H26I.C14H10O3.2C12H10I.C11H8O3.C8H8O2.C8H16O2/c1-7-21(3,4)17-9-13-19(14-10-17)23-20-15-11-18(12-16-20)22(5,6)8-2;1-19(2,3)15-7-11-17(12-8-15)21-18-13-9-16(10-14-18)20(4,5)6;15-13(10-5-2-1-3-6-10)11-7-4-8-12(9-11)14(16)17;2*1-3-7-11(8-4-1)13-12-9-5-2-6-10-12;12-10-6-8-4-2-1-3-7(8)5-9(10)11(13)14;9-8(10)6-7-4-2-1-3-5-7;1-2-3-4-5-6-7-8(9)10/h9-16H,7-8H2,1-6H3;7-14H,1-6H3;1-9H,(H,16,17);2*1-10H;1-6,12H,(H,13,14);1-5H,6H2,(H,9,10);2-7H2,1H3,(H,9,10)/q2*+1;;2*+1;;;/p-4. The molecule has 0 aliphatic carbocycles. The van der Waals surface area contributed by atoms with Gasteiger partial charge in [0.25, 0.3) is 0 Å². The molecule has 13 aromatic rings. The molecule has 10 nitrogen and oxygen atoms in total. The summed E-state index contributed by atoms with van der Waals surface area (Å²) in [7, 11) is 0. The molecule has 0 spiro atoms. The number of carbonyl (C=O) groups is 5. The van der Waals surface area contributed by atoms with E-state index in [4.69, 9.17) is 5.11 Å². The first-order valence-electron chi connectivity index (χ1n) is 40.8. The Balaban J connectivity index is 0.000000218. The average Bonchev–Trinajstić information content (AvgIpc) is 0.820. The van der Waals surface area contributed by atoms with E-state index in [1.807, 2.05) is 18.2 Å². The Bertz CT molecular complexity index is 4930. The molecule has 0 bridgehead atoms. The molecule has 0 unspecified atom stereocenters. The van der Waals surface area contributed by atoms with E-state index in [9.17, 15) is 44.4 Å². The lowest BCUT2D eigenvalue weighted by Crippen LogP contribution is -3.61. The van der Waals surface area contributed by atoms with Gasteiger partial charge in [-0.15, -0.1) is 0 Å². The molecule has 1 N–H and O–H groups in total. The Morgan fingerprint density at radius 2 is 0.620 bits per heavy atom. The maximum atomic E-state index is 12.0. The largest absolute Gasteiger partial charge is 0.872 e. The summed E-state index contributed by atoms with van der Waals surface area (Å²) in [6.07, 6.45) is 7.96. The lowest BCUT2D eigenvalue weighted by Gasteiger charge is -2.23. The van der Waals surface area contributed by atoms with Crippen molar-refractivity contribution in [3.63, 3.8) is 0 Å². The minimum Gasteiger partial charge on any atom is -0.872 e. The molecule has 630 valence electrons. The zero-order valence-corrected chi connectivity index (χ0v) is 80.5. The Morgan fingerprint density at radius 3 is 0.942 bits per heavy atom. The van der Waals surface area contributed by atoms with Gasteiger partial charge in [-0.3, -0.25) is 4.79 Å². The highest BCUT2D eigenvalue weighted by molar-refractivity contribution is 6.09. The quantitative estimate of drug-likeness (QED) is 0.0346. The number of ketones is 1. The van der Waals surface area contributed by atoms with E-state index < -0.39 is 29.6 Å². The van der Waals surface area contributed by atoms with Crippen LogP contribution in [0.25, 0.3) is 10.8 Å². The normalized spacial score (nSPS) is 10.8. The van der Waals surface area contributed by atoms with Gasteiger partial charge in [0.1, 0.15) is 0 Å².